The van der Waals surface area contributed by atoms with Crippen LogP contribution < -0.4 is 4.72 Å². The Morgan fingerprint density at radius 3 is 2.71 bits per heavy atom. The quantitative estimate of drug-likeness (QED) is 0.770. The zero-order chi connectivity index (χ0) is 13.1. The Morgan fingerprint density at radius 2 is 2.18 bits per heavy atom. The molecule has 17 heavy (non-hydrogen) atoms. The maximum absolute atomic E-state index is 12.0. The zero-order valence-corrected chi connectivity index (χ0v) is 12.0. The Kier molecular flexibility index (Phi) is 5.15. The van der Waals surface area contributed by atoms with Gasteiger partial charge in [-0.3, -0.25) is 4.79 Å². The molecule has 2 unspecified atom stereocenters. The van der Waals surface area contributed by atoms with E-state index in [1.807, 2.05) is 0 Å². The first-order valence-corrected chi connectivity index (χ1v) is 7.62. The maximum Gasteiger partial charge on any atom is 0.310 e. The van der Waals surface area contributed by atoms with Gasteiger partial charge in [-0.15, -0.1) is 0 Å². The lowest BCUT2D eigenvalue weighted by molar-refractivity contribution is -0.145. The Balaban J connectivity index is 2.76. The topological polar surface area (TPSA) is 72.5 Å². The maximum atomic E-state index is 12.0. The van der Waals surface area contributed by atoms with E-state index >= 15 is 0 Å². The highest BCUT2D eigenvalue weighted by atomic mass is 79.9. The molecule has 0 aromatic heterocycles. The van der Waals surface area contributed by atoms with Crippen molar-refractivity contribution >= 4 is 31.9 Å². The summed E-state index contributed by atoms with van der Waals surface area (Å²) in [6.45, 7) is 3.68. The normalized spacial score (nSPS) is 24.6. The average molecular weight is 326 g/mol. The van der Waals surface area contributed by atoms with Crippen molar-refractivity contribution in [3.63, 3.8) is 0 Å². The molecular formula is C10H16BrNO4S. The zero-order valence-electron chi connectivity index (χ0n) is 9.61. The van der Waals surface area contributed by atoms with Crippen LogP contribution >= 0.6 is 15.9 Å². The van der Waals surface area contributed by atoms with Crippen molar-refractivity contribution in [3.8, 4) is 0 Å². The molecule has 1 N–H and O–H groups in total. The minimum atomic E-state index is -3.50. The molecule has 1 aliphatic rings. The van der Waals surface area contributed by atoms with Crippen molar-refractivity contribution in [2.45, 2.75) is 24.5 Å². The monoisotopic (exact) mass is 325 g/mol. The van der Waals surface area contributed by atoms with Gasteiger partial charge >= 0.3 is 5.97 Å². The van der Waals surface area contributed by atoms with Crippen molar-refractivity contribution in [2.24, 2.45) is 5.92 Å². The van der Waals surface area contributed by atoms with Gasteiger partial charge < -0.3 is 4.74 Å². The summed E-state index contributed by atoms with van der Waals surface area (Å²) in [4.78, 5) is 11.5. The van der Waals surface area contributed by atoms with E-state index in [0.717, 1.165) is 6.42 Å². The van der Waals surface area contributed by atoms with Gasteiger partial charge in [0.05, 0.1) is 18.3 Å². The van der Waals surface area contributed by atoms with Gasteiger partial charge in [0.2, 0.25) is 10.0 Å². The van der Waals surface area contributed by atoms with Gasteiger partial charge in [-0.1, -0.05) is 28.9 Å². The third-order valence-electron chi connectivity index (χ3n) is 2.82. The number of halogens is 1. The summed E-state index contributed by atoms with van der Waals surface area (Å²) in [6.07, 6.45) is 1.78. The first kappa shape index (κ1) is 14.7. The van der Waals surface area contributed by atoms with Gasteiger partial charge in [0, 0.05) is 11.0 Å². The minimum Gasteiger partial charge on any atom is -0.469 e. The molecule has 1 saturated carbocycles. The van der Waals surface area contributed by atoms with Crippen LogP contribution in [0.2, 0.25) is 0 Å². The number of methoxy groups -OCH3 is 1. The highest BCUT2D eigenvalue weighted by Gasteiger charge is 2.41. The molecule has 1 fully saturated rings. The molecule has 1 rings (SSSR count). The van der Waals surface area contributed by atoms with Crippen LogP contribution in [0.5, 0.6) is 0 Å². The van der Waals surface area contributed by atoms with Crippen molar-refractivity contribution in [1.29, 1.82) is 0 Å². The number of carbonyl (C=O) groups is 1. The van der Waals surface area contributed by atoms with Crippen LogP contribution in [0, 0.1) is 5.92 Å². The number of sulfonamides is 1. The fourth-order valence-corrected chi connectivity index (χ4v) is 4.08. The fraction of sp³-hybridized carbons (Fsp3) is 0.700. The second-order valence-electron chi connectivity index (χ2n) is 3.98. The molecule has 5 nitrogen and oxygen atoms in total. The first-order chi connectivity index (χ1) is 7.88. The van der Waals surface area contributed by atoms with Gasteiger partial charge in [0.1, 0.15) is 0 Å². The summed E-state index contributed by atoms with van der Waals surface area (Å²) < 4.78 is 31.6. The van der Waals surface area contributed by atoms with E-state index < -0.39 is 27.2 Å². The van der Waals surface area contributed by atoms with Crippen LogP contribution in [0.25, 0.3) is 0 Å². The van der Waals surface area contributed by atoms with E-state index in [2.05, 4.69) is 32.0 Å². The van der Waals surface area contributed by atoms with E-state index in [9.17, 15) is 13.2 Å². The largest absolute Gasteiger partial charge is 0.469 e. The number of rotatable bonds is 5. The van der Waals surface area contributed by atoms with E-state index in [-0.39, 0.29) is 6.54 Å². The number of esters is 1. The summed E-state index contributed by atoms with van der Waals surface area (Å²) in [5.41, 5.74) is 0. The second-order valence-corrected chi connectivity index (χ2v) is 7.09. The number of nitrogens with one attached hydrogen (secondary N) is 1. The van der Waals surface area contributed by atoms with Crippen LogP contribution in [-0.2, 0) is 19.6 Å². The Labute approximate surface area is 110 Å². The molecule has 0 aromatic carbocycles. The molecule has 0 aliphatic heterocycles. The van der Waals surface area contributed by atoms with Gasteiger partial charge in [-0.25, -0.2) is 13.1 Å². The van der Waals surface area contributed by atoms with Crippen LogP contribution in [0.1, 0.15) is 19.3 Å². The van der Waals surface area contributed by atoms with Crippen LogP contribution in [0.15, 0.2) is 11.1 Å². The summed E-state index contributed by atoms with van der Waals surface area (Å²) in [6, 6.07) is 0. The highest BCUT2D eigenvalue weighted by Crippen LogP contribution is 2.31. The summed E-state index contributed by atoms with van der Waals surface area (Å²) in [5.74, 6) is -1.00. The van der Waals surface area contributed by atoms with Gasteiger partial charge in [-0.05, 0) is 12.8 Å². The van der Waals surface area contributed by atoms with Crippen molar-refractivity contribution in [3.05, 3.63) is 11.1 Å². The van der Waals surface area contributed by atoms with Crippen molar-refractivity contribution in [1.82, 2.24) is 4.72 Å². The number of ether oxygens (including phenoxy) is 1. The summed E-state index contributed by atoms with van der Waals surface area (Å²) >= 11 is 3.08. The summed E-state index contributed by atoms with van der Waals surface area (Å²) in [7, 11) is -2.23. The molecule has 1 aliphatic carbocycles. The summed E-state index contributed by atoms with van der Waals surface area (Å²) in [5, 5.41) is -0.693. The molecule has 0 bridgehead atoms. The number of hydrogen-bond donors (Lipinski definition) is 1. The second kappa shape index (κ2) is 5.97. The van der Waals surface area contributed by atoms with Gasteiger partial charge in [0.25, 0.3) is 0 Å². The number of carbonyl (C=O) groups excluding carboxylic acids is 1. The Bertz CT molecular complexity index is 407. The molecule has 98 valence electrons. The van der Waals surface area contributed by atoms with Crippen LogP contribution in [-0.4, -0.2) is 33.3 Å². The average Bonchev–Trinajstić information content (AvgIpc) is 2.75. The lowest BCUT2D eigenvalue weighted by Crippen LogP contribution is -2.39. The van der Waals surface area contributed by atoms with Gasteiger partial charge in [-0.2, -0.15) is 0 Å². The standard InChI is InChI=1S/C10H16BrNO4S/c1-7(11)6-12-17(14,15)9-5-3-4-8(9)10(13)16-2/h8-9,12H,1,3-6H2,2H3. The SMILES string of the molecule is C=C(Br)CNS(=O)(=O)C1CCCC1C(=O)OC. The number of hydrogen-bond acceptors (Lipinski definition) is 4. The third-order valence-corrected chi connectivity index (χ3v) is 5.01. The molecule has 0 spiro atoms. The predicted molar refractivity (Wildman–Crippen MR) is 68.1 cm³/mol. The molecule has 2 atom stereocenters. The molecule has 7 heteroatoms. The van der Waals surface area contributed by atoms with Crippen LogP contribution in [0.3, 0.4) is 0 Å². The fourth-order valence-electron chi connectivity index (χ4n) is 2.00. The molecule has 0 saturated heterocycles. The smallest absolute Gasteiger partial charge is 0.310 e. The van der Waals surface area contributed by atoms with E-state index in [4.69, 9.17) is 0 Å². The molecule has 0 aromatic rings. The van der Waals surface area contributed by atoms with E-state index in [1.165, 1.54) is 7.11 Å². The van der Waals surface area contributed by atoms with Crippen molar-refractivity contribution < 1.29 is 17.9 Å². The Morgan fingerprint density at radius 1 is 1.53 bits per heavy atom. The Hall–Kier alpha value is -0.400. The van der Waals surface area contributed by atoms with Gasteiger partial charge in [0.15, 0.2) is 0 Å². The molecular weight excluding hydrogens is 310 g/mol. The highest BCUT2D eigenvalue weighted by molar-refractivity contribution is 9.11. The minimum absolute atomic E-state index is 0.132. The lowest BCUT2D eigenvalue weighted by Gasteiger charge is -2.18. The van der Waals surface area contributed by atoms with E-state index in [0.29, 0.717) is 17.3 Å². The van der Waals surface area contributed by atoms with Crippen LogP contribution in [0.4, 0.5) is 0 Å². The third kappa shape index (κ3) is 3.79. The van der Waals surface area contributed by atoms with Crippen molar-refractivity contribution in [2.75, 3.05) is 13.7 Å². The molecule has 0 heterocycles. The first-order valence-electron chi connectivity index (χ1n) is 5.28. The molecule has 0 amide bonds. The molecule has 0 radical (unpaired) electrons. The lowest BCUT2D eigenvalue weighted by atomic mass is 10.1. The van der Waals surface area contributed by atoms with E-state index in [1.54, 1.807) is 0 Å². The predicted octanol–water partition coefficient (Wildman–Crippen LogP) is 1.16.